The van der Waals surface area contributed by atoms with Gasteiger partial charge in [-0.15, -0.1) is 0 Å². The number of piperazine rings is 1. The predicted octanol–water partition coefficient (Wildman–Crippen LogP) is 0.695. The van der Waals surface area contributed by atoms with Crippen LogP contribution in [-0.4, -0.2) is 73.1 Å². The van der Waals surface area contributed by atoms with Crippen LogP contribution < -0.4 is 10.6 Å². The van der Waals surface area contributed by atoms with Gasteiger partial charge in [-0.3, -0.25) is 4.90 Å². The molecule has 1 aliphatic heterocycles. The number of hydrogen-bond acceptors (Lipinski definition) is 6. The molecule has 2 N–H and O–H groups in total. The van der Waals surface area contributed by atoms with Gasteiger partial charge < -0.3 is 15.5 Å². The van der Waals surface area contributed by atoms with E-state index in [2.05, 4.69) is 45.7 Å². The number of nitrogens with zero attached hydrogens (tertiary/aromatic N) is 5. The highest BCUT2D eigenvalue weighted by molar-refractivity contribution is 5.56. The van der Waals surface area contributed by atoms with Crippen LogP contribution in [-0.2, 0) is 6.42 Å². The van der Waals surface area contributed by atoms with Gasteiger partial charge in [-0.05, 0) is 20.5 Å². The van der Waals surface area contributed by atoms with Crippen molar-refractivity contribution in [2.24, 2.45) is 0 Å². The fourth-order valence-electron chi connectivity index (χ4n) is 2.70. The van der Waals surface area contributed by atoms with Crippen LogP contribution in [0.1, 0.15) is 18.9 Å². The van der Waals surface area contributed by atoms with Crippen LogP contribution in [0.2, 0.25) is 0 Å². The average Bonchev–Trinajstić information content (AvgIpc) is 2.48. The minimum Gasteiger partial charge on any atom is -0.383 e. The summed E-state index contributed by atoms with van der Waals surface area (Å²) in [6.07, 6.45) is 3.60. The van der Waals surface area contributed by atoms with E-state index in [9.17, 15) is 0 Å². The molecule has 1 saturated heterocycles. The molecule has 0 saturated carbocycles. The van der Waals surface area contributed by atoms with Gasteiger partial charge in [0.1, 0.15) is 18.0 Å². The molecule has 0 radical (unpaired) electrons. The van der Waals surface area contributed by atoms with Gasteiger partial charge in [0, 0.05) is 44.8 Å². The van der Waals surface area contributed by atoms with E-state index in [1.807, 2.05) is 0 Å². The lowest BCUT2D eigenvalue weighted by atomic mass is 10.1. The molecule has 21 heavy (non-hydrogen) atoms. The number of nitrogen functional groups attached to an aromatic ring is 1. The van der Waals surface area contributed by atoms with Crippen LogP contribution in [0.3, 0.4) is 0 Å². The van der Waals surface area contributed by atoms with Crippen LogP contribution in [0.5, 0.6) is 0 Å². The number of aromatic nitrogens is 2. The van der Waals surface area contributed by atoms with Gasteiger partial charge in [0.05, 0.1) is 0 Å². The molecule has 0 amide bonds. The number of likely N-dealkylation sites (N-methyl/N-ethyl adjacent to an activating group) is 1. The zero-order valence-electron chi connectivity index (χ0n) is 13.5. The highest BCUT2D eigenvalue weighted by atomic mass is 15.3. The zero-order chi connectivity index (χ0) is 15.2. The molecule has 2 rings (SSSR count). The summed E-state index contributed by atoms with van der Waals surface area (Å²) in [5.41, 5.74) is 7.14. The van der Waals surface area contributed by atoms with E-state index in [-0.39, 0.29) is 0 Å². The summed E-state index contributed by atoms with van der Waals surface area (Å²) in [4.78, 5) is 15.7. The third-order valence-corrected chi connectivity index (χ3v) is 3.99. The molecule has 0 aromatic carbocycles. The third-order valence-electron chi connectivity index (χ3n) is 3.99. The summed E-state index contributed by atoms with van der Waals surface area (Å²) in [5, 5.41) is 0. The van der Waals surface area contributed by atoms with Crippen molar-refractivity contribution < 1.29 is 0 Å². The molecular weight excluding hydrogens is 264 g/mol. The van der Waals surface area contributed by atoms with Crippen LogP contribution >= 0.6 is 0 Å². The monoisotopic (exact) mass is 292 g/mol. The second kappa shape index (κ2) is 7.56. The van der Waals surface area contributed by atoms with E-state index in [0.29, 0.717) is 5.82 Å². The van der Waals surface area contributed by atoms with Crippen LogP contribution in [0, 0.1) is 0 Å². The van der Waals surface area contributed by atoms with Crippen LogP contribution in [0.15, 0.2) is 6.33 Å². The van der Waals surface area contributed by atoms with Crippen molar-refractivity contribution in [3.8, 4) is 0 Å². The lowest BCUT2D eigenvalue weighted by Gasteiger charge is -2.36. The largest absolute Gasteiger partial charge is 0.383 e. The maximum Gasteiger partial charge on any atom is 0.137 e. The molecule has 1 aliphatic rings. The molecule has 0 aliphatic carbocycles. The smallest absolute Gasteiger partial charge is 0.137 e. The summed E-state index contributed by atoms with van der Waals surface area (Å²) in [7, 11) is 4.24. The molecular formula is C15H28N6. The van der Waals surface area contributed by atoms with Crippen LogP contribution in [0.4, 0.5) is 11.6 Å². The summed E-state index contributed by atoms with van der Waals surface area (Å²) >= 11 is 0. The fraction of sp³-hybridized carbons (Fsp3) is 0.733. The molecule has 118 valence electrons. The molecule has 1 aromatic rings. The topological polar surface area (TPSA) is 61.5 Å². The van der Waals surface area contributed by atoms with Crippen molar-refractivity contribution in [3.63, 3.8) is 0 Å². The Labute approximate surface area is 127 Å². The Bertz CT molecular complexity index is 440. The van der Waals surface area contributed by atoms with Gasteiger partial charge in [-0.2, -0.15) is 0 Å². The molecule has 1 fully saturated rings. The fourth-order valence-corrected chi connectivity index (χ4v) is 2.70. The Kier molecular flexibility index (Phi) is 5.76. The number of hydrogen-bond donors (Lipinski definition) is 1. The first-order valence-electron chi connectivity index (χ1n) is 7.83. The Morgan fingerprint density at radius 3 is 2.52 bits per heavy atom. The Balaban J connectivity index is 1.97. The second-order valence-electron chi connectivity index (χ2n) is 5.94. The minimum atomic E-state index is 0.636. The molecule has 2 heterocycles. The Morgan fingerprint density at radius 2 is 1.90 bits per heavy atom. The first-order valence-corrected chi connectivity index (χ1v) is 7.83. The number of rotatable bonds is 6. The summed E-state index contributed by atoms with van der Waals surface area (Å²) in [5.74, 6) is 1.67. The first kappa shape index (κ1) is 16.0. The SMILES string of the molecule is CCCc1c(N)ncnc1N1CCN(CCN(C)C)CC1. The van der Waals surface area contributed by atoms with Crippen LogP contribution in [0.25, 0.3) is 0 Å². The van der Waals surface area contributed by atoms with Gasteiger partial charge >= 0.3 is 0 Å². The van der Waals surface area contributed by atoms with E-state index in [4.69, 9.17) is 5.73 Å². The molecule has 0 unspecified atom stereocenters. The molecule has 6 nitrogen and oxygen atoms in total. The normalized spacial score (nSPS) is 16.7. The maximum atomic E-state index is 6.03. The summed E-state index contributed by atoms with van der Waals surface area (Å²) < 4.78 is 0. The van der Waals surface area contributed by atoms with Crippen molar-refractivity contribution in [3.05, 3.63) is 11.9 Å². The molecule has 0 spiro atoms. The van der Waals surface area contributed by atoms with Gasteiger partial charge in [0.25, 0.3) is 0 Å². The van der Waals surface area contributed by atoms with E-state index in [1.165, 1.54) is 0 Å². The maximum absolute atomic E-state index is 6.03. The van der Waals surface area contributed by atoms with E-state index < -0.39 is 0 Å². The summed E-state index contributed by atoms with van der Waals surface area (Å²) in [6.45, 7) is 8.61. The lowest BCUT2D eigenvalue weighted by molar-refractivity contribution is 0.229. The predicted molar refractivity (Wildman–Crippen MR) is 87.6 cm³/mol. The summed E-state index contributed by atoms with van der Waals surface area (Å²) in [6, 6.07) is 0. The second-order valence-corrected chi connectivity index (χ2v) is 5.94. The lowest BCUT2D eigenvalue weighted by Crippen LogP contribution is -2.48. The highest BCUT2D eigenvalue weighted by Crippen LogP contribution is 2.24. The molecule has 6 heteroatoms. The van der Waals surface area contributed by atoms with Gasteiger partial charge in [0.15, 0.2) is 0 Å². The minimum absolute atomic E-state index is 0.636. The molecule has 1 aromatic heterocycles. The quantitative estimate of drug-likeness (QED) is 0.832. The van der Waals surface area contributed by atoms with E-state index in [1.54, 1.807) is 6.33 Å². The molecule has 0 bridgehead atoms. The zero-order valence-corrected chi connectivity index (χ0v) is 13.5. The van der Waals surface area contributed by atoms with Crippen molar-refractivity contribution in [1.29, 1.82) is 0 Å². The number of anilines is 2. The Morgan fingerprint density at radius 1 is 1.19 bits per heavy atom. The van der Waals surface area contributed by atoms with Crippen molar-refractivity contribution in [1.82, 2.24) is 19.8 Å². The number of nitrogens with two attached hydrogens (primary N) is 1. The van der Waals surface area contributed by atoms with E-state index >= 15 is 0 Å². The van der Waals surface area contributed by atoms with Crippen molar-refractivity contribution in [2.75, 3.05) is 64.0 Å². The average molecular weight is 292 g/mol. The third kappa shape index (κ3) is 4.28. The van der Waals surface area contributed by atoms with Gasteiger partial charge in [-0.1, -0.05) is 13.3 Å². The van der Waals surface area contributed by atoms with Crippen molar-refractivity contribution in [2.45, 2.75) is 19.8 Å². The first-order chi connectivity index (χ1) is 10.1. The Hall–Kier alpha value is -1.40. The standard InChI is InChI=1S/C15H28N6/c1-4-5-13-14(16)17-12-18-15(13)21-10-8-20(9-11-21)7-6-19(2)3/h12H,4-11H2,1-3H3,(H2,16,17,18). The van der Waals surface area contributed by atoms with E-state index in [0.717, 1.165) is 63.5 Å². The molecule has 0 atom stereocenters. The highest BCUT2D eigenvalue weighted by Gasteiger charge is 2.21. The van der Waals surface area contributed by atoms with Crippen molar-refractivity contribution >= 4 is 11.6 Å². The van der Waals surface area contributed by atoms with Gasteiger partial charge in [0.2, 0.25) is 0 Å². The van der Waals surface area contributed by atoms with Gasteiger partial charge in [-0.25, -0.2) is 9.97 Å².